The topological polar surface area (TPSA) is 59.2 Å². The SMILES string of the molecule is C=CCCC(=O)N1CC(c2nc(C(C)C)no2)C1. The van der Waals surface area contributed by atoms with Gasteiger partial charge in [-0.1, -0.05) is 25.1 Å². The highest BCUT2D eigenvalue weighted by atomic mass is 16.5. The Kier molecular flexibility index (Phi) is 3.79. The number of likely N-dealkylation sites (tertiary alicyclic amines) is 1. The molecule has 1 aliphatic heterocycles. The molecule has 1 aliphatic rings. The lowest BCUT2D eigenvalue weighted by Crippen LogP contribution is -2.48. The van der Waals surface area contributed by atoms with Crippen molar-refractivity contribution in [2.75, 3.05) is 13.1 Å². The Morgan fingerprint density at radius 2 is 2.33 bits per heavy atom. The summed E-state index contributed by atoms with van der Waals surface area (Å²) < 4.78 is 5.22. The Bertz CT molecular complexity index is 433. The number of hydrogen-bond donors (Lipinski definition) is 0. The molecule has 1 aromatic rings. The number of hydrogen-bond acceptors (Lipinski definition) is 4. The molecule has 0 radical (unpaired) electrons. The molecule has 18 heavy (non-hydrogen) atoms. The normalized spacial score (nSPS) is 15.8. The number of amides is 1. The van der Waals surface area contributed by atoms with Gasteiger partial charge in [0.1, 0.15) is 0 Å². The van der Waals surface area contributed by atoms with Gasteiger partial charge < -0.3 is 9.42 Å². The van der Waals surface area contributed by atoms with E-state index in [4.69, 9.17) is 4.52 Å². The summed E-state index contributed by atoms with van der Waals surface area (Å²) in [6.07, 6.45) is 3.04. The molecular weight excluding hydrogens is 230 g/mol. The van der Waals surface area contributed by atoms with E-state index in [2.05, 4.69) is 16.7 Å². The minimum Gasteiger partial charge on any atom is -0.341 e. The van der Waals surface area contributed by atoms with Gasteiger partial charge in [-0.05, 0) is 6.42 Å². The van der Waals surface area contributed by atoms with Gasteiger partial charge >= 0.3 is 0 Å². The van der Waals surface area contributed by atoms with Crippen LogP contribution in [0.3, 0.4) is 0 Å². The Balaban J connectivity index is 1.84. The number of nitrogens with zero attached hydrogens (tertiary/aromatic N) is 3. The fraction of sp³-hybridized carbons (Fsp3) is 0.615. The minimum atomic E-state index is 0.176. The Hall–Kier alpha value is -1.65. The first-order valence-corrected chi connectivity index (χ1v) is 6.34. The van der Waals surface area contributed by atoms with Crippen LogP contribution in [0.2, 0.25) is 0 Å². The van der Waals surface area contributed by atoms with Crippen LogP contribution in [0.15, 0.2) is 17.2 Å². The molecule has 0 spiro atoms. The molecule has 98 valence electrons. The summed E-state index contributed by atoms with van der Waals surface area (Å²) in [4.78, 5) is 17.9. The zero-order valence-corrected chi connectivity index (χ0v) is 10.9. The molecule has 2 rings (SSSR count). The molecule has 1 saturated heterocycles. The number of carbonyl (C=O) groups excluding carboxylic acids is 1. The van der Waals surface area contributed by atoms with Gasteiger partial charge in [0.2, 0.25) is 11.8 Å². The predicted molar refractivity (Wildman–Crippen MR) is 67.1 cm³/mol. The van der Waals surface area contributed by atoms with Crippen molar-refractivity contribution in [3.05, 3.63) is 24.4 Å². The van der Waals surface area contributed by atoms with Crippen molar-refractivity contribution in [2.24, 2.45) is 0 Å². The number of aromatic nitrogens is 2. The van der Waals surface area contributed by atoms with E-state index in [0.29, 0.717) is 25.4 Å². The maximum absolute atomic E-state index is 11.7. The second kappa shape index (κ2) is 5.33. The Morgan fingerprint density at radius 3 is 2.89 bits per heavy atom. The summed E-state index contributed by atoms with van der Waals surface area (Å²) >= 11 is 0. The monoisotopic (exact) mass is 249 g/mol. The van der Waals surface area contributed by atoms with E-state index in [9.17, 15) is 4.79 Å². The molecule has 0 aromatic carbocycles. The van der Waals surface area contributed by atoms with Crippen LogP contribution in [-0.4, -0.2) is 34.0 Å². The largest absolute Gasteiger partial charge is 0.341 e. The molecule has 1 fully saturated rings. The highest BCUT2D eigenvalue weighted by Gasteiger charge is 2.35. The zero-order valence-electron chi connectivity index (χ0n) is 10.9. The second-order valence-electron chi connectivity index (χ2n) is 4.97. The van der Waals surface area contributed by atoms with Crippen molar-refractivity contribution >= 4 is 5.91 Å². The maximum atomic E-state index is 11.7. The lowest BCUT2D eigenvalue weighted by Gasteiger charge is -2.37. The molecule has 1 aromatic heterocycles. The number of allylic oxidation sites excluding steroid dienone is 1. The van der Waals surface area contributed by atoms with Crippen LogP contribution in [0.25, 0.3) is 0 Å². The van der Waals surface area contributed by atoms with Gasteiger partial charge in [0, 0.05) is 25.4 Å². The summed E-state index contributed by atoms with van der Waals surface area (Å²) in [5, 5.41) is 3.94. The fourth-order valence-electron chi connectivity index (χ4n) is 1.87. The van der Waals surface area contributed by atoms with Gasteiger partial charge in [0.05, 0.1) is 5.92 Å². The quantitative estimate of drug-likeness (QED) is 0.750. The van der Waals surface area contributed by atoms with Gasteiger partial charge in [0.25, 0.3) is 0 Å². The summed E-state index contributed by atoms with van der Waals surface area (Å²) in [6, 6.07) is 0. The molecule has 0 bridgehead atoms. The molecule has 5 nitrogen and oxygen atoms in total. The van der Waals surface area contributed by atoms with Gasteiger partial charge in [-0.15, -0.1) is 6.58 Å². The van der Waals surface area contributed by atoms with Crippen LogP contribution in [0, 0.1) is 0 Å². The third-order valence-corrected chi connectivity index (χ3v) is 3.12. The molecule has 0 N–H and O–H groups in total. The van der Waals surface area contributed by atoms with Gasteiger partial charge in [-0.3, -0.25) is 4.79 Å². The Morgan fingerprint density at radius 1 is 1.61 bits per heavy atom. The number of rotatable bonds is 5. The van der Waals surface area contributed by atoms with E-state index < -0.39 is 0 Å². The maximum Gasteiger partial charge on any atom is 0.233 e. The zero-order chi connectivity index (χ0) is 13.1. The van der Waals surface area contributed by atoms with E-state index in [1.165, 1.54) is 0 Å². The summed E-state index contributed by atoms with van der Waals surface area (Å²) in [5.74, 6) is 2.05. The van der Waals surface area contributed by atoms with Crippen LogP contribution >= 0.6 is 0 Å². The second-order valence-corrected chi connectivity index (χ2v) is 4.97. The molecule has 0 atom stereocenters. The van der Waals surface area contributed by atoms with Crippen molar-refractivity contribution in [2.45, 2.75) is 38.5 Å². The van der Waals surface area contributed by atoms with Gasteiger partial charge in [0.15, 0.2) is 5.82 Å². The predicted octanol–water partition coefficient (Wildman–Crippen LogP) is 2.08. The summed E-state index contributed by atoms with van der Waals surface area (Å²) in [6.45, 7) is 9.05. The van der Waals surface area contributed by atoms with Crippen molar-refractivity contribution in [1.29, 1.82) is 0 Å². The van der Waals surface area contributed by atoms with E-state index in [1.54, 1.807) is 6.08 Å². The van der Waals surface area contributed by atoms with Crippen molar-refractivity contribution < 1.29 is 9.32 Å². The van der Waals surface area contributed by atoms with Crippen LogP contribution < -0.4 is 0 Å². The first-order chi connectivity index (χ1) is 8.61. The first-order valence-electron chi connectivity index (χ1n) is 6.34. The van der Waals surface area contributed by atoms with E-state index in [1.807, 2.05) is 18.7 Å². The molecule has 0 saturated carbocycles. The lowest BCUT2D eigenvalue weighted by atomic mass is 9.99. The molecule has 1 amide bonds. The number of carbonyl (C=O) groups is 1. The Labute approximate surface area is 107 Å². The lowest BCUT2D eigenvalue weighted by molar-refractivity contribution is -0.135. The fourth-order valence-corrected chi connectivity index (χ4v) is 1.87. The highest BCUT2D eigenvalue weighted by Crippen LogP contribution is 2.27. The molecule has 0 aliphatic carbocycles. The highest BCUT2D eigenvalue weighted by molar-refractivity contribution is 5.77. The van der Waals surface area contributed by atoms with E-state index >= 15 is 0 Å². The molecule has 2 heterocycles. The van der Waals surface area contributed by atoms with Crippen LogP contribution in [0.5, 0.6) is 0 Å². The van der Waals surface area contributed by atoms with Crippen molar-refractivity contribution in [3.63, 3.8) is 0 Å². The average molecular weight is 249 g/mol. The van der Waals surface area contributed by atoms with Crippen LogP contribution in [0.4, 0.5) is 0 Å². The van der Waals surface area contributed by atoms with Gasteiger partial charge in [-0.2, -0.15) is 4.98 Å². The van der Waals surface area contributed by atoms with Gasteiger partial charge in [-0.25, -0.2) is 0 Å². The third kappa shape index (κ3) is 2.60. The van der Waals surface area contributed by atoms with E-state index in [-0.39, 0.29) is 17.7 Å². The molecular formula is C13H19N3O2. The first kappa shape index (κ1) is 12.8. The standard InChI is InChI=1S/C13H19N3O2/c1-4-5-6-11(17)16-7-10(8-16)13-14-12(9(2)3)15-18-13/h4,9-10H,1,5-8H2,2-3H3. The van der Waals surface area contributed by atoms with Crippen LogP contribution in [0.1, 0.15) is 50.2 Å². The smallest absolute Gasteiger partial charge is 0.233 e. The third-order valence-electron chi connectivity index (χ3n) is 3.12. The molecule has 5 heteroatoms. The van der Waals surface area contributed by atoms with Crippen molar-refractivity contribution in [1.82, 2.24) is 15.0 Å². The summed E-state index contributed by atoms with van der Waals surface area (Å²) in [7, 11) is 0. The van der Waals surface area contributed by atoms with E-state index in [0.717, 1.165) is 12.2 Å². The minimum absolute atomic E-state index is 0.176. The average Bonchev–Trinajstić information content (AvgIpc) is 2.73. The molecule has 0 unspecified atom stereocenters. The van der Waals surface area contributed by atoms with Crippen LogP contribution in [-0.2, 0) is 4.79 Å². The summed E-state index contributed by atoms with van der Waals surface area (Å²) in [5.41, 5.74) is 0. The van der Waals surface area contributed by atoms with Crippen molar-refractivity contribution in [3.8, 4) is 0 Å².